The highest BCUT2D eigenvalue weighted by Gasteiger charge is 2.27. The van der Waals surface area contributed by atoms with Gasteiger partial charge in [-0.2, -0.15) is 0 Å². The van der Waals surface area contributed by atoms with Crippen LogP contribution < -0.4 is 10.2 Å². The Hall–Kier alpha value is -3.55. The first-order valence-electron chi connectivity index (χ1n) is 7.69. The van der Waals surface area contributed by atoms with Crippen molar-refractivity contribution < 1.29 is 4.92 Å². The van der Waals surface area contributed by atoms with E-state index in [0.717, 1.165) is 5.69 Å². The predicted molar refractivity (Wildman–Crippen MR) is 95.3 cm³/mol. The van der Waals surface area contributed by atoms with E-state index in [4.69, 9.17) is 0 Å². The molecule has 0 atom stereocenters. The van der Waals surface area contributed by atoms with Gasteiger partial charge in [-0.3, -0.25) is 15.1 Å². The van der Waals surface area contributed by atoms with Crippen LogP contribution in [0.25, 0.3) is 0 Å². The predicted octanol–water partition coefficient (Wildman–Crippen LogP) is 3.68. The number of rotatable bonds is 6. The lowest BCUT2D eigenvalue weighted by Gasteiger charge is -2.22. The molecule has 0 amide bonds. The van der Waals surface area contributed by atoms with E-state index in [9.17, 15) is 10.1 Å². The molecule has 8 nitrogen and oxygen atoms in total. The van der Waals surface area contributed by atoms with Gasteiger partial charge in [0.2, 0.25) is 11.6 Å². The molecule has 0 aliphatic heterocycles. The molecule has 1 N–H and O–H groups in total. The first kappa shape index (κ1) is 16.3. The van der Waals surface area contributed by atoms with E-state index >= 15 is 0 Å². The minimum atomic E-state index is -0.473. The molecule has 0 unspecified atom stereocenters. The van der Waals surface area contributed by atoms with Crippen LogP contribution in [0, 0.1) is 10.1 Å². The summed E-state index contributed by atoms with van der Waals surface area (Å²) in [4.78, 5) is 25.2. The summed E-state index contributed by atoms with van der Waals surface area (Å²) >= 11 is 0. The van der Waals surface area contributed by atoms with Crippen LogP contribution in [0.3, 0.4) is 0 Å². The van der Waals surface area contributed by atoms with E-state index in [1.165, 1.54) is 6.33 Å². The van der Waals surface area contributed by atoms with Gasteiger partial charge >= 0.3 is 5.69 Å². The number of hydrogen-bond donors (Lipinski definition) is 1. The van der Waals surface area contributed by atoms with Crippen molar-refractivity contribution in [1.29, 1.82) is 0 Å². The molecular formula is C17H16N6O2. The third-order valence-corrected chi connectivity index (χ3v) is 3.55. The van der Waals surface area contributed by atoms with Crippen LogP contribution in [0.5, 0.6) is 0 Å². The summed E-state index contributed by atoms with van der Waals surface area (Å²) in [6.45, 7) is 2.43. The van der Waals surface area contributed by atoms with E-state index in [0.29, 0.717) is 12.2 Å². The summed E-state index contributed by atoms with van der Waals surface area (Å²) in [6.07, 6.45) is 4.51. The van der Waals surface area contributed by atoms with Gasteiger partial charge in [0.05, 0.1) is 16.8 Å². The van der Waals surface area contributed by atoms with Gasteiger partial charge in [0.15, 0.2) is 0 Å². The Morgan fingerprint density at radius 1 is 1.16 bits per heavy atom. The van der Waals surface area contributed by atoms with Gasteiger partial charge in [-0.25, -0.2) is 9.97 Å². The standard InChI is InChI=1S/C17H16N6O2/c1-2-22(14-8-4-3-5-9-14)17-15(23(24)25)16(19-12-20-17)21-13-7-6-10-18-11-13/h3-12H,2H2,1H3,(H,19,20,21). The molecule has 0 radical (unpaired) electrons. The average Bonchev–Trinajstić information content (AvgIpc) is 2.64. The van der Waals surface area contributed by atoms with Crippen LogP contribution in [0.4, 0.5) is 28.7 Å². The maximum Gasteiger partial charge on any atom is 0.354 e. The largest absolute Gasteiger partial charge is 0.354 e. The lowest BCUT2D eigenvalue weighted by molar-refractivity contribution is -0.383. The van der Waals surface area contributed by atoms with Crippen molar-refractivity contribution in [2.75, 3.05) is 16.8 Å². The zero-order chi connectivity index (χ0) is 17.6. The summed E-state index contributed by atoms with van der Waals surface area (Å²) in [5, 5.41) is 14.7. The van der Waals surface area contributed by atoms with Crippen LogP contribution in [0.15, 0.2) is 61.2 Å². The van der Waals surface area contributed by atoms with Gasteiger partial charge in [-0.1, -0.05) is 18.2 Å². The molecule has 0 aliphatic carbocycles. The summed E-state index contributed by atoms with van der Waals surface area (Å²) in [5.74, 6) is 0.359. The first-order valence-corrected chi connectivity index (χ1v) is 7.69. The highest BCUT2D eigenvalue weighted by molar-refractivity contribution is 5.77. The van der Waals surface area contributed by atoms with Crippen molar-refractivity contribution in [2.24, 2.45) is 0 Å². The zero-order valence-electron chi connectivity index (χ0n) is 13.5. The van der Waals surface area contributed by atoms with E-state index in [1.807, 2.05) is 37.3 Å². The Morgan fingerprint density at radius 3 is 2.60 bits per heavy atom. The van der Waals surface area contributed by atoms with Crippen molar-refractivity contribution >= 4 is 28.7 Å². The molecule has 2 heterocycles. The maximum atomic E-state index is 11.7. The Kier molecular flexibility index (Phi) is 4.79. The number of nitrogens with one attached hydrogen (secondary N) is 1. The maximum absolute atomic E-state index is 11.7. The Labute approximate surface area is 144 Å². The van der Waals surface area contributed by atoms with Crippen LogP contribution in [0.2, 0.25) is 0 Å². The summed E-state index contributed by atoms with van der Waals surface area (Å²) in [6, 6.07) is 12.9. The lowest BCUT2D eigenvalue weighted by atomic mass is 10.2. The van der Waals surface area contributed by atoms with Gasteiger partial charge < -0.3 is 10.2 Å². The van der Waals surface area contributed by atoms with Gasteiger partial charge in [0.1, 0.15) is 6.33 Å². The van der Waals surface area contributed by atoms with Crippen LogP contribution in [-0.4, -0.2) is 26.4 Å². The van der Waals surface area contributed by atoms with E-state index in [2.05, 4.69) is 20.3 Å². The molecule has 0 spiro atoms. The minimum Gasteiger partial charge on any atom is -0.333 e. The summed E-state index contributed by atoms with van der Waals surface area (Å²) in [5.41, 5.74) is 1.24. The monoisotopic (exact) mass is 336 g/mol. The number of pyridine rings is 1. The smallest absolute Gasteiger partial charge is 0.333 e. The summed E-state index contributed by atoms with van der Waals surface area (Å²) < 4.78 is 0. The van der Waals surface area contributed by atoms with Crippen molar-refractivity contribution in [2.45, 2.75) is 6.92 Å². The molecule has 1 aromatic carbocycles. The molecular weight excluding hydrogens is 320 g/mol. The van der Waals surface area contributed by atoms with Crippen molar-refractivity contribution in [3.05, 3.63) is 71.3 Å². The quantitative estimate of drug-likeness (QED) is 0.541. The molecule has 0 bridgehead atoms. The molecule has 126 valence electrons. The molecule has 0 saturated heterocycles. The molecule has 25 heavy (non-hydrogen) atoms. The van der Waals surface area contributed by atoms with E-state index < -0.39 is 4.92 Å². The minimum absolute atomic E-state index is 0.123. The van der Waals surface area contributed by atoms with Gasteiger partial charge in [-0.15, -0.1) is 0 Å². The number of benzene rings is 1. The molecule has 3 rings (SSSR count). The third-order valence-electron chi connectivity index (χ3n) is 3.55. The number of para-hydroxylation sites is 1. The van der Waals surface area contributed by atoms with Gasteiger partial charge in [-0.05, 0) is 31.2 Å². The first-order chi connectivity index (χ1) is 12.2. The molecule has 3 aromatic rings. The van der Waals surface area contributed by atoms with Gasteiger partial charge in [0, 0.05) is 18.4 Å². The molecule has 0 saturated carbocycles. The van der Waals surface area contributed by atoms with Crippen molar-refractivity contribution in [3.63, 3.8) is 0 Å². The number of anilines is 4. The topological polar surface area (TPSA) is 97.1 Å². The second-order valence-corrected chi connectivity index (χ2v) is 5.10. The number of aromatic nitrogens is 3. The zero-order valence-corrected chi connectivity index (χ0v) is 13.5. The lowest BCUT2D eigenvalue weighted by Crippen LogP contribution is -2.19. The van der Waals surface area contributed by atoms with Crippen LogP contribution >= 0.6 is 0 Å². The SMILES string of the molecule is CCN(c1ccccc1)c1ncnc(Nc2cccnc2)c1[N+](=O)[O-]. The molecule has 2 aromatic heterocycles. The van der Waals surface area contributed by atoms with Crippen molar-refractivity contribution in [3.8, 4) is 0 Å². The van der Waals surface area contributed by atoms with Crippen LogP contribution in [0.1, 0.15) is 6.92 Å². The average molecular weight is 336 g/mol. The number of nitrogens with zero attached hydrogens (tertiary/aromatic N) is 5. The van der Waals surface area contributed by atoms with Crippen molar-refractivity contribution in [1.82, 2.24) is 15.0 Å². The fraction of sp³-hybridized carbons (Fsp3) is 0.118. The Bertz CT molecular complexity index is 858. The van der Waals surface area contributed by atoms with E-state index in [1.54, 1.807) is 29.4 Å². The normalized spacial score (nSPS) is 10.3. The molecule has 8 heteroatoms. The fourth-order valence-corrected chi connectivity index (χ4v) is 2.46. The molecule has 0 aliphatic rings. The Morgan fingerprint density at radius 2 is 1.96 bits per heavy atom. The molecule has 0 fully saturated rings. The van der Waals surface area contributed by atoms with Gasteiger partial charge in [0.25, 0.3) is 0 Å². The highest BCUT2D eigenvalue weighted by Crippen LogP contribution is 2.36. The van der Waals surface area contributed by atoms with Crippen LogP contribution in [-0.2, 0) is 0 Å². The fourth-order valence-electron chi connectivity index (χ4n) is 2.46. The highest BCUT2D eigenvalue weighted by atomic mass is 16.6. The summed E-state index contributed by atoms with van der Waals surface area (Å²) in [7, 11) is 0. The number of nitro groups is 1. The number of hydrogen-bond acceptors (Lipinski definition) is 7. The third kappa shape index (κ3) is 3.52. The van der Waals surface area contributed by atoms with E-state index in [-0.39, 0.29) is 17.3 Å². The second-order valence-electron chi connectivity index (χ2n) is 5.10. The second kappa shape index (κ2) is 7.35. The Balaban J connectivity index is 2.07.